The molecule has 0 heterocycles. The van der Waals surface area contributed by atoms with Gasteiger partial charge in [-0.25, -0.2) is 0 Å². The van der Waals surface area contributed by atoms with Crippen molar-refractivity contribution in [3.05, 3.63) is 56.5 Å². The summed E-state index contributed by atoms with van der Waals surface area (Å²) in [5, 5.41) is 0. The summed E-state index contributed by atoms with van der Waals surface area (Å²) in [6.07, 6.45) is 5.33. The van der Waals surface area contributed by atoms with Gasteiger partial charge < -0.3 is 42.1 Å². The van der Waals surface area contributed by atoms with Gasteiger partial charge in [-0.05, 0) is 6.26 Å². The standard InChI is InChI=1S/C5H.C2H5S.3CO.Mo/c1-2-4-5-3-1;1-3-2;3*1-2;/h1H;1H2,2H3;;;;/q-5;-1;;;;. The molecule has 0 N–H and O–H groups in total. The van der Waals surface area contributed by atoms with Crippen LogP contribution in [0.5, 0.6) is 0 Å². The number of rotatable bonds is 0. The van der Waals surface area contributed by atoms with Gasteiger partial charge in [0.2, 0.25) is 0 Å². The van der Waals surface area contributed by atoms with Gasteiger partial charge in [-0.15, -0.1) is 0 Å². The summed E-state index contributed by atoms with van der Waals surface area (Å²) in [4.78, 5) is 0. The van der Waals surface area contributed by atoms with Gasteiger partial charge in [0, 0.05) is 21.1 Å². The van der Waals surface area contributed by atoms with E-state index >= 15 is 0 Å². The number of hydrogen-bond acceptors (Lipinski definition) is 1. The fraction of sp³-hybridized carbons (Fsp3) is 0.100. The molecule has 0 fully saturated rings. The molecule has 0 aliphatic rings. The van der Waals surface area contributed by atoms with Crippen molar-refractivity contribution in [2.45, 2.75) is 0 Å². The molecule has 0 atom stereocenters. The van der Waals surface area contributed by atoms with Crippen LogP contribution in [0.15, 0.2) is 6.07 Å². The second kappa shape index (κ2) is 68.8. The van der Waals surface area contributed by atoms with E-state index in [1.807, 2.05) is 6.26 Å². The smallest absolute Gasteiger partial charge is 0 e. The first-order valence-corrected chi connectivity index (χ1v) is 4.03. The van der Waals surface area contributed by atoms with Crippen molar-refractivity contribution in [3.8, 4) is 0 Å². The monoisotopic (exact) mass is 304 g/mol. The molecule has 0 unspecified atom stereocenters. The van der Waals surface area contributed by atoms with Crippen LogP contribution >= 0.6 is 11.8 Å². The molecule has 0 bridgehead atoms. The molecule has 1 aromatic rings. The summed E-state index contributed by atoms with van der Waals surface area (Å²) in [6, 6.07) is 12.0. The predicted molar refractivity (Wildman–Crippen MR) is 48.0 cm³/mol. The maximum absolute atomic E-state index is 7.50. The molecule has 0 amide bonds. The quantitative estimate of drug-likeness (QED) is 0.408. The molecule has 0 saturated carbocycles. The molecule has 15 heavy (non-hydrogen) atoms. The summed E-state index contributed by atoms with van der Waals surface area (Å²) in [5.41, 5.74) is 0. The van der Waals surface area contributed by atoms with Gasteiger partial charge in [0.05, 0.1) is 0 Å². The van der Waals surface area contributed by atoms with Crippen molar-refractivity contribution in [1.29, 1.82) is 0 Å². The Morgan fingerprint density at radius 2 is 1.20 bits per heavy atom. The van der Waals surface area contributed by atoms with Crippen LogP contribution in [0, 0.1) is 50.5 Å². The van der Waals surface area contributed by atoms with E-state index in [1.54, 1.807) is 6.07 Å². The Bertz CT molecular complexity index is 161. The van der Waals surface area contributed by atoms with Crippen LogP contribution < -0.4 is 0 Å². The molecule has 3 nitrogen and oxygen atoms in total. The minimum atomic E-state index is 0. The summed E-state index contributed by atoms with van der Waals surface area (Å²) in [6.45, 7) is 13.5. The van der Waals surface area contributed by atoms with E-state index < -0.39 is 0 Å². The van der Waals surface area contributed by atoms with Crippen molar-refractivity contribution in [2.24, 2.45) is 0 Å². The van der Waals surface area contributed by atoms with E-state index in [4.69, 9.17) is 14.0 Å². The van der Waals surface area contributed by atoms with Crippen molar-refractivity contribution >= 4 is 11.8 Å². The Hall–Kier alpha value is -0.392. The molecule has 0 saturated heterocycles. The first kappa shape index (κ1) is 29.3. The van der Waals surface area contributed by atoms with Crippen molar-refractivity contribution in [2.75, 3.05) is 6.26 Å². The Morgan fingerprint density at radius 1 is 1.00 bits per heavy atom. The Labute approximate surface area is 109 Å². The first-order chi connectivity index (χ1) is 6.91. The fourth-order valence-corrected chi connectivity index (χ4v) is 0.180. The summed E-state index contributed by atoms with van der Waals surface area (Å²) in [5.74, 6) is 0. The molecule has 1 aromatic carbocycles. The van der Waals surface area contributed by atoms with E-state index in [2.05, 4.69) is 50.5 Å². The van der Waals surface area contributed by atoms with Crippen LogP contribution in [-0.2, 0) is 35.0 Å². The van der Waals surface area contributed by atoms with E-state index in [-0.39, 0.29) is 21.1 Å². The molecule has 82 valence electrons. The maximum atomic E-state index is 7.50. The van der Waals surface area contributed by atoms with Gasteiger partial charge in [-0.3, -0.25) is 6.26 Å². The molecule has 5 heteroatoms. The molecule has 0 aromatic heterocycles. The summed E-state index contributed by atoms with van der Waals surface area (Å²) in [7, 11) is 0. The second-order valence-electron chi connectivity index (χ2n) is 0.972. The zero-order valence-corrected chi connectivity index (χ0v) is 10.6. The van der Waals surface area contributed by atoms with Gasteiger partial charge >= 0.3 is 33.9 Å². The van der Waals surface area contributed by atoms with Crippen LogP contribution in [0.2, 0.25) is 0 Å². The van der Waals surface area contributed by atoms with Crippen LogP contribution in [-0.4, -0.2) is 6.26 Å². The summed E-state index contributed by atoms with van der Waals surface area (Å²) < 4.78 is 22.5. The predicted octanol–water partition coefficient (Wildman–Crippen LogP) is 1.63. The van der Waals surface area contributed by atoms with Gasteiger partial charge in [0.15, 0.2) is 0 Å². The molecule has 0 radical (unpaired) electrons. The van der Waals surface area contributed by atoms with Gasteiger partial charge in [-0.1, -0.05) is 0 Å². The molecular weight excluding hydrogens is 296 g/mol. The van der Waals surface area contributed by atoms with Crippen molar-refractivity contribution in [1.82, 2.24) is 0 Å². The average Bonchev–Trinajstić information content (AvgIpc) is 2.85. The Kier molecular flexibility index (Phi) is 134. The minimum Gasteiger partial charge on any atom is -0.999 e. The van der Waals surface area contributed by atoms with Crippen molar-refractivity contribution < 1.29 is 35.0 Å². The van der Waals surface area contributed by atoms with Gasteiger partial charge in [0.1, 0.15) is 0 Å². The third-order valence-corrected chi connectivity index (χ3v) is 0.351. The fourth-order valence-electron chi connectivity index (χ4n) is 0.180. The first-order valence-electron chi connectivity index (χ1n) is 2.64. The Balaban J connectivity index is -0.0000000299. The molecular formula is C10H6MoO3S-6. The van der Waals surface area contributed by atoms with Gasteiger partial charge in [-0.2, -0.15) is 0 Å². The van der Waals surface area contributed by atoms with E-state index in [0.717, 1.165) is 0 Å². The zero-order valence-electron chi connectivity index (χ0n) is 7.83. The number of hydrogen-bond donors (Lipinski definition) is 0. The number of thioether (sulfide) groups is 1. The topological polar surface area (TPSA) is 59.7 Å². The largest absolute Gasteiger partial charge is 0.999 e. The molecule has 0 spiro atoms. The van der Waals surface area contributed by atoms with Crippen LogP contribution in [0.25, 0.3) is 0 Å². The summed E-state index contributed by atoms with van der Waals surface area (Å²) >= 11 is 1.50. The molecule has 0 aliphatic heterocycles. The SMILES string of the molecule is [C-]#[O+].[C-]#[O+].[C-]#[O+].[CH2-]SC.[Mo].[c-]1[c-][c-][cH-][c-]1. The van der Waals surface area contributed by atoms with Crippen molar-refractivity contribution in [3.63, 3.8) is 0 Å². The normalized spacial score (nSPS) is 4.27. The second-order valence-corrected chi connectivity index (χ2v) is 1.55. The third-order valence-electron chi connectivity index (χ3n) is 0.351. The maximum Gasteiger partial charge on any atom is 0 e. The van der Waals surface area contributed by atoms with E-state index in [9.17, 15) is 0 Å². The zero-order chi connectivity index (χ0) is 12.2. The third kappa shape index (κ3) is 86.3. The van der Waals surface area contributed by atoms with E-state index in [0.29, 0.717) is 0 Å². The van der Waals surface area contributed by atoms with Crippen LogP contribution in [0.1, 0.15) is 0 Å². The van der Waals surface area contributed by atoms with Crippen LogP contribution in [0.4, 0.5) is 0 Å². The van der Waals surface area contributed by atoms with Crippen LogP contribution in [0.3, 0.4) is 0 Å². The minimum absolute atomic E-state index is 0. The van der Waals surface area contributed by atoms with E-state index in [1.165, 1.54) is 11.8 Å². The molecule has 1 rings (SSSR count). The Morgan fingerprint density at radius 3 is 1.27 bits per heavy atom. The van der Waals surface area contributed by atoms with Gasteiger partial charge in [0.25, 0.3) is 0 Å². The average molecular weight is 302 g/mol. The molecule has 0 aliphatic carbocycles.